The van der Waals surface area contributed by atoms with Crippen molar-refractivity contribution in [3.8, 4) is 0 Å². The van der Waals surface area contributed by atoms with E-state index in [1.54, 1.807) is 0 Å². The maximum Gasteiger partial charge on any atom is 0.194 e. The van der Waals surface area contributed by atoms with E-state index in [1.165, 1.54) is 0 Å². The van der Waals surface area contributed by atoms with Crippen LogP contribution in [0, 0.1) is 17.5 Å². The zero-order valence-electron chi connectivity index (χ0n) is 10.3. The lowest BCUT2D eigenvalue weighted by Crippen LogP contribution is -2.38. The molecule has 1 fully saturated rings. The third-order valence-electron chi connectivity index (χ3n) is 3.19. The molecule has 0 radical (unpaired) electrons. The SMILES string of the molecule is OC[C@H](N[C@H]1CCCSC1)c1cc(F)c(F)c(F)c1. The topological polar surface area (TPSA) is 32.3 Å². The zero-order chi connectivity index (χ0) is 13.8. The van der Waals surface area contributed by atoms with Gasteiger partial charge in [-0.2, -0.15) is 11.8 Å². The second-order valence-corrected chi connectivity index (χ2v) is 5.76. The smallest absolute Gasteiger partial charge is 0.194 e. The van der Waals surface area contributed by atoms with Gasteiger partial charge in [0.1, 0.15) is 0 Å². The summed E-state index contributed by atoms with van der Waals surface area (Å²) in [6.45, 7) is -0.286. The van der Waals surface area contributed by atoms with E-state index in [9.17, 15) is 18.3 Å². The van der Waals surface area contributed by atoms with E-state index in [4.69, 9.17) is 0 Å². The lowest BCUT2D eigenvalue weighted by Gasteiger charge is -2.27. The first-order chi connectivity index (χ1) is 9.11. The molecular formula is C13H16F3NOS. The van der Waals surface area contributed by atoms with Gasteiger partial charge in [-0.05, 0) is 36.3 Å². The molecule has 1 aliphatic heterocycles. The second-order valence-electron chi connectivity index (χ2n) is 4.61. The molecule has 1 aromatic carbocycles. The summed E-state index contributed by atoms with van der Waals surface area (Å²) in [5, 5.41) is 12.5. The van der Waals surface area contributed by atoms with Gasteiger partial charge in [-0.15, -0.1) is 0 Å². The van der Waals surface area contributed by atoms with Crippen molar-refractivity contribution in [2.24, 2.45) is 0 Å². The first-order valence-corrected chi connectivity index (χ1v) is 7.36. The summed E-state index contributed by atoms with van der Waals surface area (Å²) in [4.78, 5) is 0. The fourth-order valence-corrected chi connectivity index (χ4v) is 3.27. The highest BCUT2D eigenvalue weighted by molar-refractivity contribution is 7.99. The molecule has 0 unspecified atom stereocenters. The average molecular weight is 291 g/mol. The third kappa shape index (κ3) is 3.64. The molecule has 0 spiro atoms. The molecule has 2 atom stereocenters. The van der Waals surface area contributed by atoms with Gasteiger partial charge in [0.15, 0.2) is 17.5 Å². The van der Waals surface area contributed by atoms with Gasteiger partial charge in [-0.25, -0.2) is 13.2 Å². The zero-order valence-corrected chi connectivity index (χ0v) is 11.2. The first-order valence-electron chi connectivity index (χ1n) is 6.21. The number of aliphatic hydroxyl groups is 1. The molecule has 0 aromatic heterocycles. The summed E-state index contributed by atoms with van der Waals surface area (Å²) in [5.74, 6) is -1.92. The Hall–Kier alpha value is -0.720. The predicted octanol–water partition coefficient (Wildman–Crippen LogP) is 2.62. The minimum atomic E-state index is -1.48. The Morgan fingerprint density at radius 2 is 2.00 bits per heavy atom. The number of halogens is 3. The fraction of sp³-hybridized carbons (Fsp3) is 0.538. The van der Waals surface area contributed by atoms with E-state index >= 15 is 0 Å². The summed E-state index contributed by atoms with van der Waals surface area (Å²) in [7, 11) is 0. The predicted molar refractivity (Wildman–Crippen MR) is 69.6 cm³/mol. The fourth-order valence-electron chi connectivity index (χ4n) is 2.19. The van der Waals surface area contributed by atoms with Crippen molar-refractivity contribution in [2.45, 2.75) is 24.9 Å². The number of thioether (sulfide) groups is 1. The van der Waals surface area contributed by atoms with E-state index in [0.717, 1.165) is 36.5 Å². The molecule has 19 heavy (non-hydrogen) atoms. The van der Waals surface area contributed by atoms with Gasteiger partial charge in [-0.3, -0.25) is 0 Å². The summed E-state index contributed by atoms with van der Waals surface area (Å²) >= 11 is 1.81. The van der Waals surface area contributed by atoms with Crippen molar-refractivity contribution in [1.82, 2.24) is 5.32 Å². The molecule has 0 bridgehead atoms. The Bertz CT molecular complexity index is 415. The summed E-state index contributed by atoms with van der Waals surface area (Å²) in [6, 6.07) is 1.49. The maximum atomic E-state index is 13.2. The molecule has 6 heteroatoms. The summed E-state index contributed by atoms with van der Waals surface area (Å²) in [5.41, 5.74) is 0.231. The van der Waals surface area contributed by atoms with Crippen LogP contribution in [0.2, 0.25) is 0 Å². The minimum Gasteiger partial charge on any atom is -0.394 e. The van der Waals surface area contributed by atoms with Crippen LogP contribution in [0.15, 0.2) is 12.1 Å². The molecular weight excluding hydrogens is 275 g/mol. The van der Waals surface area contributed by atoms with E-state index in [2.05, 4.69) is 5.32 Å². The number of benzene rings is 1. The number of aliphatic hydroxyl groups excluding tert-OH is 1. The van der Waals surface area contributed by atoms with Crippen molar-refractivity contribution in [2.75, 3.05) is 18.1 Å². The molecule has 2 N–H and O–H groups in total. The molecule has 106 valence electrons. The highest BCUT2D eigenvalue weighted by Gasteiger charge is 2.21. The molecule has 1 aliphatic rings. The van der Waals surface area contributed by atoms with E-state index in [1.807, 2.05) is 11.8 Å². The Morgan fingerprint density at radius 1 is 1.32 bits per heavy atom. The van der Waals surface area contributed by atoms with Gasteiger partial charge in [0, 0.05) is 11.8 Å². The van der Waals surface area contributed by atoms with Gasteiger partial charge >= 0.3 is 0 Å². The minimum absolute atomic E-state index is 0.201. The van der Waals surface area contributed by atoms with Crippen LogP contribution in [0.25, 0.3) is 0 Å². The first kappa shape index (κ1) is 14.7. The van der Waals surface area contributed by atoms with Crippen LogP contribution in [-0.4, -0.2) is 29.3 Å². The lowest BCUT2D eigenvalue weighted by molar-refractivity contribution is 0.232. The lowest BCUT2D eigenvalue weighted by atomic mass is 10.0. The van der Waals surface area contributed by atoms with Crippen molar-refractivity contribution < 1.29 is 18.3 Å². The van der Waals surface area contributed by atoms with Crippen LogP contribution >= 0.6 is 11.8 Å². The molecule has 1 saturated heterocycles. The molecule has 2 rings (SSSR count). The standard InChI is InChI=1S/C13H16F3NOS/c14-10-4-8(5-11(15)13(10)16)12(6-18)17-9-2-1-3-19-7-9/h4-5,9,12,17-18H,1-3,6-7H2/t9-,12-/m0/s1. The number of rotatable bonds is 4. The molecule has 2 nitrogen and oxygen atoms in total. The average Bonchev–Trinajstić information content (AvgIpc) is 2.42. The Labute approximate surface area is 114 Å². The normalized spacial score (nSPS) is 21.4. The van der Waals surface area contributed by atoms with Gasteiger partial charge in [0.05, 0.1) is 12.6 Å². The van der Waals surface area contributed by atoms with Gasteiger partial charge in [0.2, 0.25) is 0 Å². The molecule has 1 aromatic rings. The van der Waals surface area contributed by atoms with Crippen molar-refractivity contribution in [1.29, 1.82) is 0 Å². The van der Waals surface area contributed by atoms with Crippen molar-refractivity contribution in [3.63, 3.8) is 0 Å². The monoisotopic (exact) mass is 291 g/mol. The van der Waals surface area contributed by atoms with E-state index in [-0.39, 0.29) is 18.2 Å². The largest absolute Gasteiger partial charge is 0.394 e. The number of nitrogens with one attached hydrogen (secondary N) is 1. The Kier molecular flexibility index (Phi) is 5.13. The van der Waals surface area contributed by atoms with Crippen LogP contribution in [0.5, 0.6) is 0 Å². The number of hydrogen-bond donors (Lipinski definition) is 2. The molecule has 0 amide bonds. The van der Waals surface area contributed by atoms with Crippen LogP contribution in [0.4, 0.5) is 13.2 Å². The van der Waals surface area contributed by atoms with Gasteiger partial charge < -0.3 is 10.4 Å². The maximum absolute atomic E-state index is 13.2. The van der Waals surface area contributed by atoms with Crippen LogP contribution in [-0.2, 0) is 0 Å². The van der Waals surface area contributed by atoms with Crippen molar-refractivity contribution >= 4 is 11.8 Å². The summed E-state index contributed by atoms with van der Waals surface area (Å²) < 4.78 is 39.3. The third-order valence-corrected chi connectivity index (χ3v) is 4.40. The van der Waals surface area contributed by atoms with Crippen molar-refractivity contribution in [3.05, 3.63) is 35.1 Å². The molecule has 0 saturated carbocycles. The highest BCUT2D eigenvalue weighted by atomic mass is 32.2. The van der Waals surface area contributed by atoms with Crippen LogP contribution in [0.3, 0.4) is 0 Å². The van der Waals surface area contributed by atoms with Crippen LogP contribution in [0.1, 0.15) is 24.4 Å². The molecule has 0 aliphatic carbocycles. The molecule has 1 heterocycles. The van der Waals surface area contributed by atoms with Crippen LogP contribution < -0.4 is 5.32 Å². The number of hydrogen-bond acceptors (Lipinski definition) is 3. The van der Waals surface area contributed by atoms with Gasteiger partial charge in [-0.1, -0.05) is 0 Å². The Balaban J connectivity index is 2.12. The summed E-state index contributed by atoms with van der Waals surface area (Å²) in [6.07, 6.45) is 2.04. The quantitative estimate of drug-likeness (QED) is 0.837. The highest BCUT2D eigenvalue weighted by Crippen LogP contribution is 2.23. The Morgan fingerprint density at radius 3 is 2.53 bits per heavy atom. The van der Waals surface area contributed by atoms with Gasteiger partial charge in [0.25, 0.3) is 0 Å². The van der Waals surface area contributed by atoms with E-state index in [0.29, 0.717) is 0 Å². The second kappa shape index (κ2) is 6.63. The van der Waals surface area contributed by atoms with E-state index < -0.39 is 23.5 Å².